The Labute approximate surface area is 134 Å². The maximum atomic E-state index is 3.58. The second kappa shape index (κ2) is 5.51. The topological polar surface area (TPSA) is 0 Å². The molecule has 0 amide bonds. The third-order valence-corrected chi connectivity index (χ3v) is 5.31. The van der Waals surface area contributed by atoms with Gasteiger partial charge in [0.2, 0.25) is 0 Å². The van der Waals surface area contributed by atoms with Gasteiger partial charge in [-0.1, -0.05) is 79.2 Å². The van der Waals surface area contributed by atoms with Crippen LogP contribution in [-0.4, -0.2) is 12.2 Å². The molecule has 0 N–H and O–H groups in total. The molecule has 1 aliphatic heterocycles. The zero-order chi connectivity index (χ0) is 13.4. The molecule has 4 heteroatoms. The maximum Gasteiger partial charge on any atom is 0.275 e. The Hall–Kier alpha value is -0.445. The van der Waals surface area contributed by atoms with E-state index in [4.69, 9.17) is 0 Å². The lowest BCUT2D eigenvalue weighted by molar-refractivity contribution is 1.66. The van der Waals surface area contributed by atoms with Gasteiger partial charge >= 0.3 is 0 Å². The first kappa shape index (κ1) is 13.5. The Bertz CT molecular complexity index is 612. The van der Waals surface area contributed by atoms with Crippen LogP contribution in [0.2, 0.25) is 0 Å². The van der Waals surface area contributed by atoms with Gasteiger partial charge in [0.15, 0.2) is 0 Å². The summed E-state index contributed by atoms with van der Waals surface area (Å²) in [5, 5.41) is 0. The molecule has 1 aliphatic rings. The van der Waals surface area contributed by atoms with Gasteiger partial charge in [0.05, 0.1) is 0 Å². The lowest BCUT2D eigenvalue weighted by Gasteiger charge is -2.15. The molecule has 1 heterocycles. The Morgan fingerprint density at radius 1 is 0.842 bits per heavy atom. The summed E-state index contributed by atoms with van der Waals surface area (Å²) >= 11 is 9.05. The van der Waals surface area contributed by atoms with Crippen molar-refractivity contribution in [2.45, 2.75) is 0 Å². The van der Waals surface area contributed by atoms with Gasteiger partial charge < -0.3 is 0 Å². The van der Waals surface area contributed by atoms with Gasteiger partial charge in [-0.05, 0) is 29.5 Å². The summed E-state index contributed by atoms with van der Waals surface area (Å²) in [5.74, 6) is 0.370. The van der Waals surface area contributed by atoms with Crippen LogP contribution in [0.4, 0.5) is 0 Å². The zero-order valence-electron chi connectivity index (χ0n) is 10.4. The summed E-state index contributed by atoms with van der Waals surface area (Å²) in [6.45, 7) is 0. The number of benzene rings is 2. The monoisotopic (exact) mass is 392 g/mol. The first-order chi connectivity index (χ1) is 9.19. The molecule has 0 unspecified atom stereocenters. The fraction of sp³-hybridized carbons (Fsp3) is 0.0667. The van der Waals surface area contributed by atoms with Crippen molar-refractivity contribution in [1.82, 2.24) is 0 Å². The highest BCUT2D eigenvalue weighted by molar-refractivity contribution is 9.10. The van der Waals surface area contributed by atoms with E-state index >= 15 is 0 Å². The first-order valence-electron chi connectivity index (χ1n) is 5.99. The molecule has 0 aromatic heterocycles. The van der Waals surface area contributed by atoms with Gasteiger partial charge in [0.1, 0.15) is 0 Å². The second-order valence-electron chi connectivity index (χ2n) is 4.50. The summed E-state index contributed by atoms with van der Waals surface area (Å²) in [5.41, 5.74) is 5.34. The minimum Gasteiger partial charge on any atom is -0.200 e. The predicted octanol–water partition coefficient (Wildman–Crippen LogP) is 4.16. The molecule has 0 spiro atoms. The average molecular weight is 394 g/mol. The SMILES string of the molecule is CSB1c2cc(Br)ccc2C=Cc2ccc(Br)cc21. The summed E-state index contributed by atoms with van der Waals surface area (Å²) < 4.78 is 2.27. The van der Waals surface area contributed by atoms with Crippen molar-refractivity contribution in [3.8, 4) is 0 Å². The highest BCUT2D eigenvalue weighted by Crippen LogP contribution is 2.21. The first-order valence-corrected chi connectivity index (χ1v) is 8.86. The van der Waals surface area contributed by atoms with Crippen molar-refractivity contribution in [3.05, 3.63) is 56.5 Å². The van der Waals surface area contributed by atoms with Crippen LogP contribution in [0.5, 0.6) is 0 Å². The van der Waals surface area contributed by atoms with Crippen LogP contribution >= 0.6 is 43.5 Å². The van der Waals surface area contributed by atoms with Crippen LogP contribution < -0.4 is 10.9 Å². The smallest absolute Gasteiger partial charge is 0.200 e. The van der Waals surface area contributed by atoms with Crippen molar-refractivity contribution in [3.63, 3.8) is 0 Å². The predicted molar refractivity (Wildman–Crippen MR) is 95.7 cm³/mol. The summed E-state index contributed by atoms with van der Waals surface area (Å²) in [4.78, 5) is 0. The number of hydrogen-bond donors (Lipinski definition) is 0. The molecule has 0 saturated carbocycles. The number of fused-ring (bicyclic) bond motifs is 2. The van der Waals surface area contributed by atoms with Crippen molar-refractivity contribution in [2.75, 3.05) is 6.26 Å². The highest BCUT2D eigenvalue weighted by atomic mass is 79.9. The van der Waals surface area contributed by atoms with Crippen LogP contribution in [0.1, 0.15) is 11.1 Å². The lowest BCUT2D eigenvalue weighted by Crippen LogP contribution is -2.41. The van der Waals surface area contributed by atoms with Crippen LogP contribution in [0, 0.1) is 0 Å². The highest BCUT2D eigenvalue weighted by Gasteiger charge is 2.25. The zero-order valence-corrected chi connectivity index (χ0v) is 14.3. The molecular formula is C15H11BBr2S. The van der Waals surface area contributed by atoms with Crippen LogP contribution in [0.15, 0.2) is 45.3 Å². The average Bonchev–Trinajstić information content (AvgIpc) is 2.54. The summed E-state index contributed by atoms with van der Waals surface area (Å²) in [6, 6.07) is 13.0. The Balaban J connectivity index is 2.26. The van der Waals surface area contributed by atoms with E-state index in [1.54, 1.807) is 0 Å². The van der Waals surface area contributed by atoms with Crippen molar-refractivity contribution in [1.29, 1.82) is 0 Å². The normalized spacial score (nSPS) is 12.9. The third-order valence-electron chi connectivity index (χ3n) is 3.34. The van der Waals surface area contributed by atoms with Crippen molar-refractivity contribution < 1.29 is 0 Å². The van der Waals surface area contributed by atoms with E-state index in [1.807, 2.05) is 11.6 Å². The molecule has 0 saturated heterocycles. The molecule has 2 aromatic carbocycles. The minimum atomic E-state index is 0.370. The molecular weight excluding hydrogens is 383 g/mol. The third kappa shape index (κ3) is 2.58. The fourth-order valence-electron chi connectivity index (χ4n) is 2.45. The van der Waals surface area contributed by atoms with E-state index in [9.17, 15) is 0 Å². The van der Waals surface area contributed by atoms with E-state index in [1.165, 1.54) is 22.1 Å². The Morgan fingerprint density at radius 3 is 1.74 bits per heavy atom. The van der Waals surface area contributed by atoms with Crippen molar-refractivity contribution in [2.24, 2.45) is 0 Å². The van der Waals surface area contributed by atoms with Gasteiger partial charge in [-0.15, -0.1) is 0 Å². The van der Waals surface area contributed by atoms with Gasteiger partial charge in [-0.2, -0.15) is 0 Å². The van der Waals surface area contributed by atoms with E-state index in [-0.39, 0.29) is 0 Å². The van der Waals surface area contributed by atoms with Crippen LogP contribution in [0.3, 0.4) is 0 Å². The summed E-state index contributed by atoms with van der Waals surface area (Å²) in [6.07, 6.45) is 6.60. The van der Waals surface area contributed by atoms with Crippen LogP contribution in [-0.2, 0) is 0 Å². The molecule has 0 nitrogen and oxygen atoms in total. The molecule has 0 fully saturated rings. The molecule has 2 aromatic rings. The van der Waals surface area contributed by atoms with E-state index in [0.29, 0.717) is 5.99 Å². The second-order valence-corrected chi connectivity index (χ2v) is 7.27. The Kier molecular flexibility index (Phi) is 3.92. The maximum absolute atomic E-state index is 3.58. The Morgan fingerprint density at radius 2 is 1.32 bits per heavy atom. The van der Waals surface area contributed by atoms with Crippen molar-refractivity contribution >= 4 is 72.5 Å². The minimum absolute atomic E-state index is 0.370. The molecule has 0 bridgehead atoms. The number of rotatable bonds is 1. The largest absolute Gasteiger partial charge is 0.275 e. The van der Waals surface area contributed by atoms with Crippen LogP contribution in [0.25, 0.3) is 12.2 Å². The fourth-order valence-corrected chi connectivity index (χ4v) is 4.12. The molecule has 0 aliphatic carbocycles. The van der Waals surface area contributed by atoms with Gasteiger partial charge in [-0.3, -0.25) is 0 Å². The molecule has 94 valence electrons. The molecule has 0 radical (unpaired) electrons. The molecule has 19 heavy (non-hydrogen) atoms. The molecule has 0 atom stereocenters. The summed E-state index contributed by atoms with van der Waals surface area (Å²) in [7, 11) is 0. The quantitative estimate of drug-likeness (QED) is 0.655. The van der Waals surface area contributed by atoms with Gasteiger partial charge in [0, 0.05) is 8.95 Å². The number of halogens is 2. The number of hydrogen-bond acceptors (Lipinski definition) is 1. The standard InChI is InChI=1S/C15H11BBr2S/c1-19-16-14-8-12(17)6-4-10(14)2-3-11-5-7-13(18)9-15(11)16/h2-9H,1H3. The molecule has 3 rings (SSSR count). The van der Waals surface area contributed by atoms with Gasteiger partial charge in [-0.25, -0.2) is 11.6 Å². The van der Waals surface area contributed by atoms with E-state index in [2.05, 4.69) is 86.7 Å². The van der Waals surface area contributed by atoms with E-state index in [0.717, 1.165) is 8.95 Å². The van der Waals surface area contributed by atoms with Gasteiger partial charge in [0.25, 0.3) is 5.99 Å². The van der Waals surface area contributed by atoms with E-state index < -0.39 is 0 Å². The lowest BCUT2D eigenvalue weighted by atomic mass is 9.60.